The Balaban J connectivity index is 1.81. The van der Waals surface area contributed by atoms with Gasteiger partial charge in [-0.15, -0.1) is 0 Å². The summed E-state index contributed by atoms with van der Waals surface area (Å²) in [6.07, 6.45) is 4.35. The van der Waals surface area contributed by atoms with E-state index < -0.39 is 0 Å². The summed E-state index contributed by atoms with van der Waals surface area (Å²) in [7, 11) is 0. The maximum atomic E-state index is 5.81. The van der Waals surface area contributed by atoms with E-state index in [1.165, 1.54) is 5.56 Å². The van der Waals surface area contributed by atoms with Crippen LogP contribution in [0.15, 0.2) is 42.1 Å². The van der Waals surface area contributed by atoms with Gasteiger partial charge < -0.3 is 5.73 Å². The quantitative estimate of drug-likeness (QED) is 0.809. The Labute approximate surface area is 91.4 Å². The summed E-state index contributed by atoms with van der Waals surface area (Å²) in [6, 6.07) is 10.6. The third-order valence-corrected chi connectivity index (χ3v) is 2.82. The minimum atomic E-state index is 0.937. The average molecular weight is 202 g/mol. The molecule has 0 saturated heterocycles. The summed E-state index contributed by atoms with van der Waals surface area (Å²) in [5, 5.41) is 0. The van der Waals surface area contributed by atoms with Gasteiger partial charge in [-0.2, -0.15) is 0 Å². The molecule has 1 aromatic carbocycles. The predicted octanol–water partition coefficient (Wildman–Crippen LogP) is 1.78. The predicted molar refractivity (Wildman–Crippen MR) is 63.5 cm³/mol. The van der Waals surface area contributed by atoms with Crippen molar-refractivity contribution in [2.75, 3.05) is 19.6 Å². The van der Waals surface area contributed by atoms with Gasteiger partial charge in [0.05, 0.1) is 0 Å². The van der Waals surface area contributed by atoms with E-state index in [1.54, 1.807) is 0 Å². The molecule has 0 amide bonds. The fourth-order valence-electron chi connectivity index (χ4n) is 1.96. The molecule has 0 atom stereocenters. The summed E-state index contributed by atoms with van der Waals surface area (Å²) >= 11 is 0. The molecule has 2 heteroatoms. The molecule has 15 heavy (non-hydrogen) atoms. The molecule has 2 rings (SSSR count). The Morgan fingerprint density at radius 3 is 2.73 bits per heavy atom. The Hall–Kier alpha value is -1.28. The monoisotopic (exact) mass is 202 g/mol. The van der Waals surface area contributed by atoms with E-state index in [0.29, 0.717) is 0 Å². The molecule has 0 saturated carbocycles. The molecule has 0 aromatic heterocycles. The highest BCUT2D eigenvalue weighted by molar-refractivity contribution is 5.15. The van der Waals surface area contributed by atoms with Crippen LogP contribution in [0.3, 0.4) is 0 Å². The van der Waals surface area contributed by atoms with Crippen molar-refractivity contribution in [1.29, 1.82) is 0 Å². The molecule has 0 aliphatic carbocycles. The molecule has 0 bridgehead atoms. The molecule has 1 aliphatic rings. The second kappa shape index (κ2) is 4.99. The van der Waals surface area contributed by atoms with Crippen molar-refractivity contribution in [3.8, 4) is 0 Å². The Kier molecular flexibility index (Phi) is 3.41. The van der Waals surface area contributed by atoms with Gasteiger partial charge in [0, 0.05) is 25.3 Å². The first-order valence-corrected chi connectivity index (χ1v) is 5.55. The third kappa shape index (κ3) is 3.10. The van der Waals surface area contributed by atoms with E-state index in [9.17, 15) is 0 Å². The molecule has 1 heterocycles. The lowest BCUT2D eigenvalue weighted by atomic mass is 10.1. The normalized spacial score (nSPS) is 17.5. The summed E-state index contributed by atoms with van der Waals surface area (Å²) in [5.74, 6) is 0. The Morgan fingerprint density at radius 2 is 2.00 bits per heavy atom. The standard InChI is InChI=1S/C13H18N2/c14-13-7-4-9-15(11-13)10-8-12-5-2-1-3-6-12/h1-3,5-7H,4,8-11,14H2. The van der Waals surface area contributed by atoms with Gasteiger partial charge in [0.2, 0.25) is 0 Å². The van der Waals surface area contributed by atoms with E-state index in [0.717, 1.165) is 38.2 Å². The minimum absolute atomic E-state index is 0.937. The zero-order valence-electron chi connectivity index (χ0n) is 9.02. The van der Waals surface area contributed by atoms with Crippen LogP contribution in [0.1, 0.15) is 12.0 Å². The van der Waals surface area contributed by atoms with Gasteiger partial charge in [0.15, 0.2) is 0 Å². The highest BCUT2D eigenvalue weighted by atomic mass is 15.1. The van der Waals surface area contributed by atoms with Gasteiger partial charge in [0.1, 0.15) is 0 Å². The van der Waals surface area contributed by atoms with Gasteiger partial charge in [0.25, 0.3) is 0 Å². The van der Waals surface area contributed by atoms with Crippen molar-refractivity contribution in [3.63, 3.8) is 0 Å². The second-order valence-corrected chi connectivity index (χ2v) is 4.08. The number of rotatable bonds is 3. The number of hydrogen-bond acceptors (Lipinski definition) is 2. The van der Waals surface area contributed by atoms with E-state index in [-0.39, 0.29) is 0 Å². The molecule has 80 valence electrons. The zero-order valence-corrected chi connectivity index (χ0v) is 9.02. The molecule has 2 N–H and O–H groups in total. The maximum absolute atomic E-state index is 5.81. The molecule has 0 fully saturated rings. The first kappa shape index (κ1) is 10.2. The maximum Gasteiger partial charge on any atom is 0.0376 e. The van der Waals surface area contributed by atoms with Gasteiger partial charge in [-0.3, -0.25) is 4.90 Å². The van der Waals surface area contributed by atoms with Gasteiger partial charge in [-0.1, -0.05) is 36.4 Å². The van der Waals surface area contributed by atoms with Crippen molar-refractivity contribution in [1.82, 2.24) is 4.90 Å². The van der Waals surface area contributed by atoms with E-state index >= 15 is 0 Å². The number of nitrogens with zero attached hydrogens (tertiary/aromatic N) is 1. The average Bonchev–Trinajstić information content (AvgIpc) is 2.28. The van der Waals surface area contributed by atoms with Crippen molar-refractivity contribution >= 4 is 0 Å². The summed E-state index contributed by atoms with van der Waals surface area (Å²) in [4.78, 5) is 2.42. The number of hydrogen-bond donors (Lipinski definition) is 1. The van der Waals surface area contributed by atoms with Crippen LogP contribution in [0.2, 0.25) is 0 Å². The van der Waals surface area contributed by atoms with Crippen molar-refractivity contribution < 1.29 is 0 Å². The van der Waals surface area contributed by atoms with Crippen LogP contribution < -0.4 is 5.73 Å². The highest BCUT2D eigenvalue weighted by Gasteiger charge is 2.09. The van der Waals surface area contributed by atoms with Crippen LogP contribution in [0.4, 0.5) is 0 Å². The molecule has 1 aromatic rings. The highest BCUT2D eigenvalue weighted by Crippen LogP contribution is 2.07. The van der Waals surface area contributed by atoms with Crippen LogP contribution in [-0.4, -0.2) is 24.5 Å². The lowest BCUT2D eigenvalue weighted by Crippen LogP contribution is -2.33. The van der Waals surface area contributed by atoms with E-state index in [1.807, 2.05) is 0 Å². The minimum Gasteiger partial charge on any atom is -0.401 e. The summed E-state index contributed by atoms with van der Waals surface area (Å²) in [5.41, 5.74) is 8.24. The lowest BCUT2D eigenvalue weighted by molar-refractivity contribution is 0.293. The lowest BCUT2D eigenvalue weighted by Gasteiger charge is -2.25. The summed E-state index contributed by atoms with van der Waals surface area (Å²) in [6.45, 7) is 3.19. The molecular formula is C13H18N2. The van der Waals surface area contributed by atoms with Crippen molar-refractivity contribution in [2.24, 2.45) is 5.73 Å². The molecular weight excluding hydrogens is 184 g/mol. The van der Waals surface area contributed by atoms with Gasteiger partial charge >= 0.3 is 0 Å². The number of nitrogens with two attached hydrogens (primary N) is 1. The van der Waals surface area contributed by atoms with Crippen LogP contribution in [0.5, 0.6) is 0 Å². The SMILES string of the molecule is NC1=CCCN(CCc2ccccc2)C1. The van der Waals surface area contributed by atoms with Crippen LogP contribution in [-0.2, 0) is 6.42 Å². The number of benzene rings is 1. The zero-order chi connectivity index (χ0) is 10.5. The van der Waals surface area contributed by atoms with Crippen LogP contribution >= 0.6 is 0 Å². The van der Waals surface area contributed by atoms with Crippen molar-refractivity contribution in [2.45, 2.75) is 12.8 Å². The molecule has 0 unspecified atom stereocenters. The van der Waals surface area contributed by atoms with E-state index in [4.69, 9.17) is 5.73 Å². The summed E-state index contributed by atoms with van der Waals surface area (Å²) < 4.78 is 0. The fourth-order valence-corrected chi connectivity index (χ4v) is 1.96. The Bertz CT molecular complexity index is 330. The smallest absolute Gasteiger partial charge is 0.0376 e. The molecule has 0 radical (unpaired) electrons. The largest absolute Gasteiger partial charge is 0.401 e. The third-order valence-electron chi connectivity index (χ3n) is 2.82. The first-order chi connectivity index (χ1) is 7.34. The topological polar surface area (TPSA) is 29.3 Å². The van der Waals surface area contributed by atoms with Gasteiger partial charge in [-0.25, -0.2) is 0 Å². The van der Waals surface area contributed by atoms with Crippen LogP contribution in [0.25, 0.3) is 0 Å². The second-order valence-electron chi connectivity index (χ2n) is 4.08. The first-order valence-electron chi connectivity index (χ1n) is 5.55. The molecule has 2 nitrogen and oxygen atoms in total. The Morgan fingerprint density at radius 1 is 1.20 bits per heavy atom. The van der Waals surface area contributed by atoms with E-state index in [2.05, 4.69) is 41.3 Å². The molecule has 0 spiro atoms. The van der Waals surface area contributed by atoms with Crippen molar-refractivity contribution in [3.05, 3.63) is 47.7 Å². The van der Waals surface area contributed by atoms with Crippen LogP contribution in [0, 0.1) is 0 Å². The van der Waals surface area contributed by atoms with Gasteiger partial charge in [-0.05, 0) is 18.4 Å². The molecule has 1 aliphatic heterocycles. The fraction of sp³-hybridized carbons (Fsp3) is 0.385.